The van der Waals surface area contributed by atoms with Crippen molar-refractivity contribution in [3.05, 3.63) is 66.2 Å². The molecule has 0 saturated heterocycles. The molecule has 118 valence electrons. The lowest BCUT2D eigenvalue weighted by Gasteiger charge is -2.06. The second-order valence-corrected chi connectivity index (χ2v) is 5.37. The third-order valence-electron chi connectivity index (χ3n) is 3.94. The van der Waals surface area contributed by atoms with E-state index in [2.05, 4.69) is 10.1 Å². The number of hydrogen-bond acceptors (Lipinski definition) is 5. The van der Waals surface area contributed by atoms with E-state index in [0.29, 0.717) is 22.4 Å². The van der Waals surface area contributed by atoms with Gasteiger partial charge in [-0.3, -0.25) is 4.98 Å². The largest absolute Gasteiger partial charge is 0.497 e. The molecule has 0 unspecified atom stereocenters. The highest BCUT2D eigenvalue weighted by atomic mass is 16.5. The number of hydrogen-bond donors (Lipinski definition) is 1. The molecule has 24 heavy (non-hydrogen) atoms. The number of fused-ring (bicyclic) bond motifs is 2. The van der Waals surface area contributed by atoms with Crippen LogP contribution in [0.5, 0.6) is 5.75 Å². The molecule has 0 bridgehead atoms. The van der Waals surface area contributed by atoms with Gasteiger partial charge < -0.3 is 14.4 Å². The van der Waals surface area contributed by atoms with Crippen molar-refractivity contribution in [1.29, 1.82) is 0 Å². The van der Waals surface area contributed by atoms with Gasteiger partial charge in [0.25, 0.3) is 0 Å². The zero-order chi connectivity index (χ0) is 16.5. The van der Waals surface area contributed by atoms with Crippen molar-refractivity contribution in [1.82, 2.24) is 4.98 Å². The Kier molecular flexibility index (Phi) is 3.39. The zero-order valence-electron chi connectivity index (χ0n) is 12.9. The van der Waals surface area contributed by atoms with E-state index in [1.807, 2.05) is 48.5 Å². The molecule has 4 aromatic rings. The van der Waals surface area contributed by atoms with Crippen LogP contribution in [-0.4, -0.2) is 17.3 Å². The lowest BCUT2D eigenvalue weighted by atomic mass is 10.1. The van der Waals surface area contributed by atoms with Crippen LogP contribution in [0, 0.1) is 0 Å². The Morgan fingerprint density at radius 3 is 2.75 bits per heavy atom. The summed E-state index contributed by atoms with van der Waals surface area (Å²) < 4.78 is 11.2. The maximum absolute atomic E-state index is 9.29. The smallest absolute Gasteiger partial charge is 0.155 e. The SMILES string of the molecule is COc1ccc2cc(-c3cc(=NO)c4ccccc4o3)ncc2c1. The van der Waals surface area contributed by atoms with Gasteiger partial charge in [-0.05, 0) is 35.7 Å². The highest BCUT2D eigenvalue weighted by Crippen LogP contribution is 2.26. The van der Waals surface area contributed by atoms with Crippen molar-refractivity contribution >= 4 is 21.7 Å². The van der Waals surface area contributed by atoms with Crippen molar-refractivity contribution < 1.29 is 14.4 Å². The Bertz CT molecular complexity index is 1120. The molecule has 0 saturated carbocycles. The summed E-state index contributed by atoms with van der Waals surface area (Å²) in [5.41, 5.74) is 1.31. The summed E-state index contributed by atoms with van der Waals surface area (Å²) in [6, 6.07) is 16.8. The fourth-order valence-electron chi connectivity index (χ4n) is 2.71. The van der Waals surface area contributed by atoms with Gasteiger partial charge >= 0.3 is 0 Å². The standard InChI is InChI=1S/C19H14N2O3/c1-23-14-7-6-12-9-17(20-11-13(12)8-14)19-10-16(21-22)15-4-2-3-5-18(15)24-19/h2-11,22H,1H3. The molecular weight excluding hydrogens is 304 g/mol. The monoisotopic (exact) mass is 318 g/mol. The van der Waals surface area contributed by atoms with Gasteiger partial charge in [0.1, 0.15) is 22.4 Å². The first-order chi connectivity index (χ1) is 11.8. The van der Waals surface area contributed by atoms with Crippen molar-refractivity contribution in [2.45, 2.75) is 0 Å². The Balaban J connectivity index is 1.92. The molecule has 0 fully saturated rings. The second-order valence-electron chi connectivity index (χ2n) is 5.37. The summed E-state index contributed by atoms with van der Waals surface area (Å²) in [7, 11) is 1.64. The molecule has 2 aromatic carbocycles. The quantitative estimate of drug-likeness (QED) is 0.449. The number of pyridine rings is 1. The van der Waals surface area contributed by atoms with E-state index in [9.17, 15) is 5.21 Å². The van der Waals surface area contributed by atoms with E-state index in [1.165, 1.54) is 0 Å². The Morgan fingerprint density at radius 1 is 1.04 bits per heavy atom. The molecule has 1 N–H and O–H groups in total. The van der Waals surface area contributed by atoms with Gasteiger partial charge in [0.2, 0.25) is 0 Å². The Labute approximate surface area is 137 Å². The number of methoxy groups -OCH3 is 1. The summed E-state index contributed by atoms with van der Waals surface area (Å²) in [6.45, 7) is 0. The van der Waals surface area contributed by atoms with Gasteiger partial charge in [0, 0.05) is 23.0 Å². The Morgan fingerprint density at radius 2 is 1.92 bits per heavy atom. The van der Waals surface area contributed by atoms with Crippen LogP contribution in [0.3, 0.4) is 0 Å². The molecule has 0 amide bonds. The van der Waals surface area contributed by atoms with E-state index in [4.69, 9.17) is 9.15 Å². The van der Waals surface area contributed by atoms with E-state index >= 15 is 0 Å². The van der Waals surface area contributed by atoms with Gasteiger partial charge in [0.05, 0.1) is 7.11 Å². The van der Waals surface area contributed by atoms with Crippen LogP contribution in [0.2, 0.25) is 0 Å². The minimum absolute atomic E-state index is 0.448. The second kappa shape index (κ2) is 5.70. The van der Waals surface area contributed by atoms with Crippen LogP contribution in [0.15, 0.2) is 70.4 Å². The van der Waals surface area contributed by atoms with Crippen molar-refractivity contribution in [2.24, 2.45) is 5.16 Å². The molecule has 0 atom stereocenters. The van der Waals surface area contributed by atoms with Gasteiger partial charge in [-0.2, -0.15) is 0 Å². The van der Waals surface area contributed by atoms with Crippen molar-refractivity contribution in [2.75, 3.05) is 7.11 Å². The van der Waals surface area contributed by atoms with Crippen LogP contribution in [-0.2, 0) is 0 Å². The van der Waals surface area contributed by atoms with E-state index in [-0.39, 0.29) is 0 Å². The number of nitrogens with zero attached hydrogens (tertiary/aromatic N) is 2. The first kappa shape index (κ1) is 14.3. The Hall–Kier alpha value is -3.34. The highest BCUT2D eigenvalue weighted by molar-refractivity contribution is 5.86. The summed E-state index contributed by atoms with van der Waals surface area (Å²) in [4.78, 5) is 4.46. The molecule has 2 aromatic heterocycles. The number of para-hydroxylation sites is 1. The van der Waals surface area contributed by atoms with Gasteiger partial charge in [-0.1, -0.05) is 23.4 Å². The summed E-state index contributed by atoms with van der Waals surface area (Å²) in [5, 5.41) is 15.8. The maximum Gasteiger partial charge on any atom is 0.155 e. The normalized spacial score (nSPS) is 12.0. The van der Waals surface area contributed by atoms with E-state index < -0.39 is 0 Å². The fourth-order valence-corrected chi connectivity index (χ4v) is 2.71. The van der Waals surface area contributed by atoms with Crippen LogP contribution in [0.25, 0.3) is 33.2 Å². The number of aromatic nitrogens is 1. The zero-order valence-corrected chi connectivity index (χ0v) is 12.9. The maximum atomic E-state index is 9.29. The number of rotatable bonds is 2. The molecule has 5 heteroatoms. The lowest BCUT2D eigenvalue weighted by Crippen LogP contribution is -2.03. The molecule has 4 rings (SSSR count). The van der Waals surface area contributed by atoms with E-state index in [0.717, 1.165) is 21.9 Å². The van der Waals surface area contributed by atoms with Crippen LogP contribution >= 0.6 is 0 Å². The minimum atomic E-state index is 0.448. The van der Waals surface area contributed by atoms with Gasteiger partial charge in [-0.15, -0.1) is 0 Å². The summed E-state index contributed by atoms with van der Waals surface area (Å²) in [6.07, 6.45) is 1.77. The third-order valence-corrected chi connectivity index (χ3v) is 3.94. The third kappa shape index (κ3) is 2.36. The predicted octanol–water partition coefficient (Wildman–Crippen LogP) is 3.95. The minimum Gasteiger partial charge on any atom is -0.497 e. The predicted molar refractivity (Wildman–Crippen MR) is 90.9 cm³/mol. The molecule has 0 aliphatic carbocycles. The van der Waals surface area contributed by atoms with Gasteiger partial charge in [0.15, 0.2) is 5.76 Å². The van der Waals surface area contributed by atoms with Crippen LogP contribution in [0.4, 0.5) is 0 Å². The number of ether oxygens (including phenoxy) is 1. The van der Waals surface area contributed by atoms with Crippen LogP contribution < -0.4 is 10.1 Å². The first-order valence-electron chi connectivity index (χ1n) is 7.43. The van der Waals surface area contributed by atoms with E-state index in [1.54, 1.807) is 19.4 Å². The average molecular weight is 318 g/mol. The number of benzene rings is 2. The van der Waals surface area contributed by atoms with Crippen LogP contribution in [0.1, 0.15) is 0 Å². The molecule has 0 spiro atoms. The van der Waals surface area contributed by atoms with Crippen molar-refractivity contribution in [3.8, 4) is 17.2 Å². The van der Waals surface area contributed by atoms with Crippen molar-refractivity contribution in [3.63, 3.8) is 0 Å². The molecular formula is C19H14N2O3. The molecule has 0 aliphatic heterocycles. The first-order valence-corrected chi connectivity index (χ1v) is 7.43. The molecule has 0 aliphatic rings. The topological polar surface area (TPSA) is 67.8 Å². The van der Waals surface area contributed by atoms with Gasteiger partial charge in [-0.25, -0.2) is 0 Å². The lowest BCUT2D eigenvalue weighted by molar-refractivity contribution is 0.302. The molecule has 5 nitrogen and oxygen atoms in total. The highest BCUT2D eigenvalue weighted by Gasteiger charge is 2.08. The molecule has 2 heterocycles. The molecule has 0 radical (unpaired) electrons. The fraction of sp³-hybridized carbons (Fsp3) is 0.0526. The summed E-state index contributed by atoms with van der Waals surface area (Å²) >= 11 is 0. The average Bonchev–Trinajstić information content (AvgIpc) is 2.66. The summed E-state index contributed by atoms with van der Waals surface area (Å²) in [5.74, 6) is 1.33.